The van der Waals surface area contributed by atoms with Crippen molar-refractivity contribution in [1.29, 1.82) is 0 Å². The van der Waals surface area contributed by atoms with Gasteiger partial charge in [0.2, 0.25) is 17.7 Å². The zero-order valence-corrected chi connectivity index (χ0v) is 13.8. The van der Waals surface area contributed by atoms with Crippen molar-refractivity contribution in [2.24, 2.45) is 5.92 Å². The van der Waals surface area contributed by atoms with Crippen LogP contribution in [-0.4, -0.2) is 55.1 Å². The van der Waals surface area contributed by atoms with E-state index in [9.17, 15) is 14.4 Å². The summed E-state index contributed by atoms with van der Waals surface area (Å²) in [4.78, 5) is 40.6. The molecule has 0 bridgehead atoms. The number of benzene rings is 1. The van der Waals surface area contributed by atoms with Crippen molar-refractivity contribution >= 4 is 35.2 Å². The highest BCUT2D eigenvalue weighted by molar-refractivity contribution is 7.98. The van der Waals surface area contributed by atoms with Crippen molar-refractivity contribution in [3.8, 4) is 0 Å². The number of amides is 3. The average Bonchev–Trinajstić information content (AvgIpc) is 2.96. The zero-order chi connectivity index (χ0) is 16.4. The topological polar surface area (TPSA) is 69.7 Å². The summed E-state index contributed by atoms with van der Waals surface area (Å²) in [7, 11) is 0. The number of hydrogen-bond donors (Lipinski definition) is 1. The fourth-order valence-corrected chi connectivity index (χ4v) is 3.44. The van der Waals surface area contributed by atoms with Gasteiger partial charge in [-0.25, -0.2) is 0 Å². The summed E-state index contributed by atoms with van der Waals surface area (Å²) >= 11 is 1.62. The summed E-state index contributed by atoms with van der Waals surface area (Å²) in [5.74, 6) is -0.649. The maximum absolute atomic E-state index is 12.6. The van der Waals surface area contributed by atoms with Crippen LogP contribution in [0.1, 0.15) is 6.42 Å². The average molecular weight is 333 g/mol. The zero-order valence-electron chi connectivity index (χ0n) is 12.9. The SMILES string of the molecule is CSc1cccc(N2CC(C(=O)N3CCNC(=O)C3)CC2=O)c1. The normalized spacial score (nSPS) is 21.5. The molecule has 1 aromatic rings. The lowest BCUT2D eigenvalue weighted by Crippen LogP contribution is -2.51. The molecule has 0 spiro atoms. The van der Waals surface area contributed by atoms with Gasteiger partial charge in [0.1, 0.15) is 0 Å². The first-order valence-corrected chi connectivity index (χ1v) is 8.81. The second-order valence-corrected chi connectivity index (χ2v) is 6.60. The van der Waals surface area contributed by atoms with E-state index in [4.69, 9.17) is 0 Å². The minimum Gasteiger partial charge on any atom is -0.353 e. The molecule has 0 saturated carbocycles. The van der Waals surface area contributed by atoms with Crippen LogP contribution in [0.2, 0.25) is 0 Å². The van der Waals surface area contributed by atoms with Crippen LogP contribution in [0.15, 0.2) is 29.2 Å². The fraction of sp³-hybridized carbons (Fsp3) is 0.438. The first-order chi connectivity index (χ1) is 11.1. The van der Waals surface area contributed by atoms with Gasteiger partial charge in [0.05, 0.1) is 12.5 Å². The van der Waals surface area contributed by atoms with Gasteiger partial charge < -0.3 is 15.1 Å². The van der Waals surface area contributed by atoms with Crippen LogP contribution >= 0.6 is 11.8 Å². The Bertz CT molecular complexity index is 649. The molecule has 7 heteroatoms. The van der Waals surface area contributed by atoms with Gasteiger partial charge in [-0.1, -0.05) is 6.07 Å². The Labute approximate surface area is 139 Å². The van der Waals surface area contributed by atoms with Crippen molar-refractivity contribution in [3.63, 3.8) is 0 Å². The minimum atomic E-state index is -0.369. The summed E-state index contributed by atoms with van der Waals surface area (Å²) in [6.07, 6.45) is 2.19. The summed E-state index contributed by atoms with van der Waals surface area (Å²) < 4.78 is 0. The van der Waals surface area contributed by atoms with Crippen LogP contribution in [0.25, 0.3) is 0 Å². The molecular weight excluding hydrogens is 314 g/mol. The highest BCUT2D eigenvalue weighted by atomic mass is 32.2. The Morgan fingerprint density at radius 2 is 2.17 bits per heavy atom. The molecule has 2 aliphatic rings. The maximum atomic E-state index is 12.6. The highest BCUT2D eigenvalue weighted by Gasteiger charge is 2.38. The predicted octanol–water partition coefficient (Wildman–Crippen LogP) is 0.720. The van der Waals surface area contributed by atoms with Gasteiger partial charge in [-0.05, 0) is 24.5 Å². The molecular formula is C16H19N3O3S. The molecule has 6 nitrogen and oxygen atoms in total. The van der Waals surface area contributed by atoms with Crippen LogP contribution in [0.3, 0.4) is 0 Å². The minimum absolute atomic E-state index is 0.0388. The Kier molecular flexibility index (Phi) is 4.56. The number of carbonyl (C=O) groups is 3. The molecule has 0 radical (unpaired) electrons. The molecule has 23 heavy (non-hydrogen) atoms. The molecule has 1 unspecified atom stereocenters. The molecule has 2 saturated heterocycles. The Balaban J connectivity index is 1.71. The van der Waals surface area contributed by atoms with Crippen molar-refractivity contribution in [2.75, 3.05) is 37.3 Å². The van der Waals surface area contributed by atoms with E-state index in [1.54, 1.807) is 21.6 Å². The third kappa shape index (κ3) is 3.34. The molecule has 3 rings (SSSR count). The third-order valence-electron chi connectivity index (χ3n) is 4.19. The van der Waals surface area contributed by atoms with Crippen molar-refractivity contribution < 1.29 is 14.4 Å². The van der Waals surface area contributed by atoms with Crippen LogP contribution in [0.4, 0.5) is 5.69 Å². The van der Waals surface area contributed by atoms with E-state index in [-0.39, 0.29) is 36.6 Å². The quantitative estimate of drug-likeness (QED) is 0.828. The smallest absolute Gasteiger partial charge is 0.239 e. The van der Waals surface area contributed by atoms with E-state index in [1.165, 1.54) is 0 Å². The fourth-order valence-electron chi connectivity index (χ4n) is 2.99. The second-order valence-electron chi connectivity index (χ2n) is 5.72. The molecule has 122 valence electrons. The summed E-state index contributed by atoms with van der Waals surface area (Å²) in [6.45, 7) is 1.46. The molecule has 1 aromatic carbocycles. The largest absolute Gasteiger partial charge is 0.353 e. The van der Waals surface area contributed by atoms with Gasteiger partial charge >= 0.3 is 0 Å². The third-order valence-corrected chi connectivity index (χ3v) is 4.91. The van der Waals surface area contributed by atoms with Gasteiger partial charge in [0, 0.05) is 36.6 Å². The van der Waals surface area contributed by atoms with E-state index < -0.39 is 0 Å². The van der Waals surface area contributed by atoms with E-state index in [2.05, 4.69) is 5.32 Å². The van der Waals surface area contributed by atoms with Crippen LogP contribution in [-0.2, 0) is 14.4 Å². The lowest BCUT2D eigenvalue weighted by Gasteiger charge is -2.28. The van der Waals surface area contributed by atoms with Gasteiger partial charge in [0.15, 0.2) is 0 Å². The molecule has 2 heterocycles. The number of hydrogen-bond acceptors (Lipinski definition) is 4. The maximum Gasteiger partial charge on any atom is 0.239 e. The number of piperazine rings is 1. The number of carbonyl (C=O) groups excluding carboxylic acids is 3. The molecule has 1 N–H and O–H groups in total. The molecule has 2 fully saturated rings. The Hall–Kier alpha value is -2.02. The van der Waals surface area contributed by atoms with Crippen LogP contribution in [0.5, 0.6) is 0 Å². The van der Waals surface area contributed by atoms with E-state index in [1.807, 2.05) is 30.5 Å². The second kappa shape index (κ2) is 6.62. The number of anilines is 1. The summed E-state index contributed by atoms with van der Waals surface area (Å²) in [5.41, 5.74) is 0.827. The first kappa shape index (κ1) is 15.9. The molecule has 3 amide bonds. The Morgan fingerprint density at radius 1 is 1.35 bits per heavy atom. The van der Waals surface area contributed by atoms with Crippen molar-refractivity contribution in [1.82, 2.24) is 10.2 Å². The van der Waals surface area contributed by atoms with Gasteiger partial charge in [-0.3, -0.25) is 14.4 Å². The Morgan fingerprint density at radius 3 is 2.91 bits per heavy atom. The monoisotopic (exact) mass is 333 g/mol. The molecule has 0 aliphatic carbocycles. The van der Waals surface area contributed by atoms with E-state index in [0.29, 0.717) is 19.6 Å². The van der Waals surface area contributed by atoms with Crippen molar-refractivity contribution in [3.05, 3.63) is 24.3 Å². The lowest BCUT2D eigenvalue weighted by molar-refractivity contribution is -0.141. The summed E-state index contributed by atoms with van der Waals surface area (Å²) in [6, 6.07) is 7.75. The highest BCUT2D eigenvalue weighted by Crippen LogP contribution is 2.29. The standard InChI is InChI=1S/C16H19N3O3S/c1-23-13-4-2-3-12(8-13)19-9-11(7-15(19)21)16(22)18-6-5-17-14(20)10-18/h2-4,8,11H,5-7,9-10H2,1H3,(H,17,20). The molecule has 0 aromatic heterocycles. The number of rotatable bonds is 3. The van der Waals surface area contributed by atoms with E-state index in [0.717, 1.165) is 10.6 Å². The first-order valence-electron chi connectivity index (χ1n) is 7.58. The van der Waals surface area contributed by atoms with E-state index >= 15 is 0 Å². The van der Waals surface area contributed by atoms with Crippen LogP contribution < -0.4 is 10.2 Å². The molecule has 1 atom stereocenters. The van der Waals surface area contributed by atoms with Gasteiger partial charge in [-0.15, -0.1) is 11.8 Å². The van der Waals surface area contributed by atoms with Gasteiger partial charge in [0.25, 0.3) is 0 Å². The van der Waals surface area contributed by atoms with Gasteiger partial charge in [-0.2, -0.15) is 0 Å². The van der Waals surface area contributed by atoms with Crippen molar-refractivity contribution in [2.45, 2.75) is 11.3 Å². The summed E-state index contributed by atoms with van der Waals surface area (Å²) in [5, 5.41) is 2.70. The number of nitrogens with zero attached hydrogens (tertiary/aromatic N) is 2. The lowest BCUT2D eigenvalue weighted by atomic mass is 10.1. The predicted molar refractivity (Wildman–Crippen MR) is 88.3 cm³/mol. The number of nitrogens with one attached hydrogen (secondary N) is 1. The molecule has 2 aliphatic heterocycles. The number of thioether (sulfide) groups is 1. The van der Waals surface area contributed by atoms with Crippen LogP contribution in [0, 0.1) is 5.92 Å².